The molecule has 0 spiro atoms. The summed E-state index contributed by atoms with van der Waals surface area (Å²) in [7, 11) is -3.63. The molecule has 0 atom stereocenters. The number of sulfonamides is 1. The van der Waals surface area contributed by atoms with Crippen LogP contribution in [-0.4, -0.2) is 8.42 Å². The van der Waals surface area contributed by atoms with Gasteiger partial charge in [-0.3, -0.25) is 0 Å². The van der Waals surface area contributed by atoms with Crippen LogP contribution in [-0.2, 0) is 16.6 Å². The van der Waals surface area contributed by atoms with Crippen LogP contribution in [0.5, 0.6) is 0 Å². The average Bonchev–Trinajstić information content (AvgIpc) is 2.40. The van der Waals surface area contributed by atoms with Gasteiger partial charge in [-0.25, -0.2) is 17.5 Å². The second-order valence-electron chi connectivity index (χ2n) is 4.72. The minimum absolute atomic E-state index is 0.0732. The molecule has 2 aromatic carbocycles. The van der Waals surface area contributed by atoms with E-state index >= 15 is 0 Å². The molecule has 2 rings (SSSR count). The van der Waals surface area contributed by atoms with E-state index in [0.717, 1.165) is 17.2 Å². The molecular weight excluding hydrogens is 277 g/mol. The summed E-state index contributed by atoms with van der Waals surface area (Å²) >= 11 is 0. The summed E-state index contributed by atoms with van der Waals surface area (Å²) in [6, 6.07) is 11.3. The first kappa shape index (κ1) is 14.7. The number of nitrogens with one attached hydrogen (secondary N) is 1. The lowest BCUT2D eigenvalue weighted by atomic mass is 10.1. The van der Waals surface area contributed by atoms with Gasteiger partial charge in [0.05, 0.1) is 4.90 Å². The predicted octanol–water partition coefficient (Wildman–Crippen LogP) is 2.92. The molecule has 0 saturated heterocycles. The lowest BCUT2D eigenvalue weighted by Crippen LogP contribution is -2.23. The molecule has 0 aliphatic heterocycles. The van der Waals surface area contributed by atoms with E-state index in [9.17, 15) is 12.8 Å². The summed E-state index contributed by atoms with van der Waals surface area (Å²) in [6.45, 7) is 3.69. The number of hydrogen-bond donors (Lipinski definition) is 1. The van der Waals surface area contributed by atoms with Crippen LogP contribution in [0.2, 0.25) is 0 Å². The first-order valence-corrected chi connectivity index (χ1v) is 7.68. The van der Waals surface area contributed by atoms with Crippen molar-refractivity contribution in [1.29, 1.82) is 0 Å². The topological polar surface area (TPSA) is 46.2 Å². The van der Waals surface area contributed by atoms with Crippen LogP contribution in [0.4, 0.5) is 4.39 Å². The van der Waals surface area contributed by atoms with Gasteiger partial charge in [0.1, 0.15) is 5.82 Å². The lowest BCUT2D eigenvalue weighted by Gasteiger charge is -2.08. The van der Waals surface area contributed by atoms with Crippen molar-refractivity contribution in [3.8, 4) is 0 Å². The van der Waals surface area contributed by atoms with Crippen molar-refractivity contribution < 1.29 is 12.8 Å². The van der Waals surface area contributed by atoms with Crippen molar-refractivity contribution in [1.82, 2.24) is 4.72 Å². The Bertz CT molecular complexity index is 726. The van der Waals surface area contributed by atoms with Crippen LogP contribution in [0.15, 0.2) is 47.4 Å². The minimum Gasteiger partial charge on any atom is -0.207 e. The van der Waals surface area contributed by atoms with Crippen LogP contribution >= 0.6 is 0 Å². The second kappa shape index (κ2) is 5.73. The monoisotopic (exact) mass is 293 g/mol. The Morgan fingerprint density at radius 1 is 1.10 bits per heavy atom. The van der Waals surface area contributed by atoms with Crippen molar-refractivity contribution in [3.05, 3.63) is 65.0 Å². The van der Waals surface area contributed by atoms with Crippen molar-refractivity contribution >= 4 is 10.0 Å². The number of rotatable bonds is 4. The number of benzene rings is 2. The first-order valence-electron chi connectivity index (χ1n) is 6.20. The smallest absolute Gasteiger partial charge is 0.207 e. The highest BCUT2D eigenvalue weighted by atomic mass is 32.2. The quantitative estimate of drug-likeness (QED) is 0.942. The summed E-state index contributed by atoms with van der Waals surface area (Å²) < 4.78 is 39.9. The van der Waals surface area contributed by atoms with Gasteiger partial charge in [0.2, 0.25) is 10.0 Å². The summed E-state index contributed by atoms with van der Waals surface area (Å²) in [5, 5.41) is 0. The predicted molar refractivity (Wildman–Crippen MR) is 76.3 cm³/mol. The highest BCUT2D eigenvalue weighted by Crippen LogP contribution is 2.14. The highest BCUT2D eigenvalue weighted by molar-refractivity contribution is 7.89. The standard InChI is InChI=1S/C15H16FNO2S/c1-11-4-3-5-13(8-11)10-17-20(18,19)14-6-7-15(16)12(2)9-14/h3-9,17H,10H2,1-2H3. The molecule has 1 N–H and O–H groups in total. The molecule has 0 radical (unpaired) electrons. The zero-order valence-electron chi connectivity index (χ0n) is 11.4. The molecule has 0 saturated carbocycles. The second-order valence-corrected chi connectivity index (χ2v) is 6.49. The van der Waals surface area contributed by atoms with E-state index in [2.05, 4.69) is 4.72 Å². The van der Waals surface area contributed by atoms with Crippen molar-refractivity contribution in [2.45, 2.75) is 25.3 Å². The maximum Gasteiger partial charge on any atom is 0.240 e. The highest BCUT2D eigenvalue weighted by Gasteiger charge is 2.14. The Hall–Kier alpha value is -1.72. The van der Waals surface area contributed by atoms with Crippen LogP contribution in [0.1, 0.15) is 16.7 Å². The van der Waals surface area contributed by atoms with E-state index in [1.54, 1.807) is 0 Å². The molecule has 0 fully saturated rings. The zero-order valence-corrected chi connectivity index (χ0v) is 12.2. The molecule has 0 amide bonds. The lowest BCUT2D eigenvalue weighted by molar-refractivity contribution is 0.579. The Morgan fingerprint density at radius 3 is 2.50 bits per heavy atom. The molecule has 20 heavy (non-hydrogen) atoms. The van der Waals surface area contributed by atoms with E-state index in [0.29, 0.717) is 5.56 Å². The fourth-order valence-corrected chi connectivity index (χ4v) is 2.97. The summed E-state index contributed by atoms with van der Waals surface area (Å²) in [6.07, 6.45) is 0. The van der Waals surface area contributed by atoms with E-state index < -0.39 is 15.8 Å². The normalized spacial score (nSPS) is 11.6. The minimum atomic E-state index is -3.63. The van der Waals surface area contributed by atoms with Crippen LogP contribution in [0.3, 0.4) is 0 Å². The van der Waals surface area contributed by atoms with Gasteiger partial charge in [-0.15, -0.1) is 0 Å². The van der Waals surface area contributed by atoms with Gasteiger partial charge in [0.25, 0.3) is 0 Å². The Kier molecular flexibility index (Phi) is 4.20. The number of halogens is 1. The van der Waals surface area contributed by atoms with Crippen LogP contribution in [0.25, 0.3) is 0 Å². The third-order valence-corrected chi connectivity index (χ3v) is 4.39. The third-order valence-electron chi connectivity index (χ3n) is 2.99. The Morgan fingerprint density at radius 2 is 1.85 bits per heavy atom. The van der Waals surface area contributed by atoms with Gasteiger partial charge < -0.3 is 0 Å². The molecule has 5 heteroatoms. The van der Waals surface area contributed by atoms with Gasteiger partial charge in [0, 0.05) is 6.54 Å². The van der Waals surface area contributed by atoms with Crippen molar-refractivity contribution in [3.63, 3.8) is 0 Å². The Balaban J connectivity index is 2.17. The van der Waals surface area contributed by atoms with Gasteiger partial charge in [-0.2, -0.15) is 0 Å². The molecule has 106 valence electrons. The molecule has 0 bridgehead atoms. The molecule has 0 aliphatic carbocycles. The number of hydrogen-bond acceptors (Lipinski definition) is 2. The molecule has 0 aliphatic rings. The molecule has 0 unspecified atom stereocenters. The zero-order chi connectivity index (χ0) is 14.8. The van der Waals surface area contributed by atoms with Crippen molar-refractivity contribution in [2.24, 2.45) is 0 Å². The Labute approximate surface area is 118 Å². The molecule has 0 heterocycles. The van der Waals surface area contributed by atoms with E-state index in [4.69, 9.17) is 0 Å². The van der Waals surface area contributed by atoms with Gasteiger partial charge in [-0.05, 0) is 43.2 Å². The molecule has 2 aromatic rings. The fraction of sp³-hybridized carbons (Fsp3) is 0.200. The molecule has 0 aromatic heterocycles. The van der Waals surface area contributed by atoms with Gasteiger partial charge in [0.15, 0.2) is 0 Å². The van der Waals surface area contributed by atoms with E-state index in [1.165, 1.54) is 19.1 Å². The average molecular weight is 293 g/mol. The van der Waals surface area contributed by atoms with Crippen LogP contribution in [0, 0.1) is 19.7 Å². The third kappa shape index (κ3) is 3.43. The SMILES string of the molecule is Cc1cccc(CNS(=O)(=O)c2ccc(F)c(C)c2)c1. The molecule has 3 nitrogen and oxygen atoms in total. The maximum atomic E-state index is 13.2. The fourth-order valence-electron chi connectivity index (χ4n) is 1.87. The first-order chi connectivity index (χ1) is 9.38. The van der Waals surface area contributed by atoms with Crippen molar-refractivity contribution in [2.75, 3.05) is 0 Å². The van der Waals surface area contributed by atoms with Gasteiger partial charge in [-0.1, -0.05) is 29.8 Å². The molecular formula is C15H16FNO2S. The van der Waals surface area contributed by atoms with Gasteiger partial charge >= 0.3 is 0 Å². The maximum absolute atomic E-state index is 13.2. The summed E-state index contributed by atoms with van der Waals surface area (Å²) in [5.41, 5.74) is 2.26. The summed E-state index contributed by atoms with van der Waals surface area (Å²) in [4.78, 5) is 0.0732. The van der Waals surface area contributed by atoms with E-state index in [1.807, 2.05) is 31.2 Å². The van der Waals surface area contributed by atoms with E-state index in [-0.39, 0.29) is 11.4 Å². The summed E-state index contributed by atoms with van der Waals surface area (Å²) in [5.74, 6) is -0.414. The van der Waals surface area contributed by atoms with Crippen LogP contribution < -0.4 is 4.72 Å². The number of aryl methyl sites for hydroxylation is 2. The largest absolute Gasteiger partial charge is 0.240 e.